The molecule has 2 aromatic rings. The van der Waals surface area contributed by atoms with Gasteiger partial charge in [0.2, 0.25) is 0 Å². The van der Waals surface area contributed by atoms with Gasteiger partial charge in [-0.15, -0.1) is 0 Å². The number of nitrogens with zero attached hydrogens (tertiary/aromatic N) is 2. The van der Waals surface area contributed by atoms with E-state index in [-0.39, 0.29) is 0 Å². The molecular weight excluding hydrogens is 218 g/mol. The molecular formula is C12H13N3S. The Morgan fingerprint density at radius 1 is 1.25 bits per heavy atom. The summed E-state index contributed by atoms with van der Waals surface area (Å²) < 4.78 is 4.10. The summed E-state index contributed by atoms with van der Waals surface area (Å²) in [5.74, 6) is 0. The van der Waals surface area contributed by atoms with Crippen LogP contribution in [0.15, 0.2) is 30.5 Å². The Bertz CT molecular complexity index is 481. The fraction of sp³-hybridized carbons (Fsp3) is 0.250. The fourth-order valence-corrected chi connectivity index (χ4v) is 2.80. The maximum Gasteiger partial charge on any atom is 0.0672 e. The van der Waals surface area contributed by atoms with Crippen LogP contribution in [0.3, 0.4) is 0 Å². The van der Waals surface area contributed by atoms with E-state index in [1.54, 1.807) is 6.20 Å². The minimum absolute atomic E-state index is 0.820. The van der Waals surface area contributed by atoms with Crippen LogP contribution < -0.4 is 5.73 Å². The molecule has 16 heavy (non-hydrogen) atoms. The molecule has 4 heteroatoms. The highest BCUT2D eigenvalue weighted by Gasteiger charge is 2.19. The van der Waals surface area contributed by atoms with Gasteiger partial charge < -0.3 is 5.73 Å². The molecule has 1 aromatic carbocycles. The molecule has 0 spiro atoms. The number of nitrogen functional groups attached to an aromatic ring is 1. The summed E-state index contributed by atoms with van der Waals surface area (Å²) in [6, 6.07) is 8.60. The zero-order valence-electron chi connectivity index (χ0n) is 8.89. The van der Waals surface area contributed by atoms with Gasteiger partial charge in [-0.3, -0.25) is 4.90 Å². The van der Waals surface area contributed by atoms with Crippen molar-refractivity contribution in [3.8, 4) is 0 Å². The number of fused-ring (bicyclic) bond motifs is 1. The first-order chi connectivity index (χ1) is 7.83. The molecule has 2 heterocycles. The molecule has 0 saturated carbocycles. The Hall–Kier alpha value is -1.39. The maximum atomic E-state index is 5.84. The van der Waals surface area contributed by atoms with Crippen molar-refractivity contribution < 1.29 is 0 Å². The van der Waals surface area contributed by atoms with E-state index in [9.17, 15) is 0 Å². The third-order valence-corrected chi connectivity index (χ3v) is 3.75. The van der Waals surface area contributed by atoms with Crippen LogP contribution >= 0.6 is 11.5 Å². The quantitative estimate of drug-likeness (QED) is 0.862. The summed E-state index contributed by atoms with van der Waals surface area (Å²) in [5.41, 5.74) is 9.54. The van der Waals surface area contributed by atoms with Crippen LogP contribution in [-0.2, 0) is 19.6 Å². The number of anilines is 1. The summed E-state index contributed by atoms with van der Waals surface area (Å²) >= 11 is 1.50. The molecule has 0 bridgehead atoms. The van der Waals surface area contributed by atoms with Crippen LogP contribution in [0.2, 0.25) is 0 Å². The average Bonchev–Trinajstić information content (AvgIpc) is 2.85. The van der Waals surface area contributed by atoms with Crippen molar-refractivity contribution in [2.45, 2.75) is 19.6 Å². The standard InChI is InChI=1S/C12H13N3S/c13-11-5-14-16-12(11)8-15-6-9-3-1-2-4-10(9)7-15/h1-5H,6-8,13H2. The Morgan fingerprint density at radius 2 is 1.94 bits per heavy atom. The lowest BCUT2D eigenvalue weighted by molar-refractivity contribution is 0.278. The number of benzene rings is 1. The van der Waals surface area contributed by atoms with Crippen molar-refractivity contribution in [1.29, 1.82) is 0 Å². The Morgan fingerprint density at radius 3 is 2.50 bits per heavy atom. The molecule has 0 fully saturated rings. The van der Waals surface area contributed by atoms with Gasteiger partial charge >= 0.3 is 0 Å². The summed E-state index contributed by atoms with van der Waals surface area (Å²) in [7, 11) is 0. The van der Waals surface area contributed by atoms with E-state index in [4.69, 9.17) is 5.73 Å². The van der Waals surface area contributed by atoms with E-state index >= 15 is 0 Å². The monoisotopic (exact) mass is 231 g/mol. The maximum absolute atomic E-state index is 5.84. The zero-order chi connectivity index (χ0) is 11.0. The predicted octanol–water partition coefficient (Wildman–Crippen LogP) is 2.24. The highest BCUT2D eigenvalue weighted by atomic mass is 32.1. The van der Waals surface area contributed by atoms with Crippen molar-refractivity contribution in [3.05, 3.63) is 46.5 Å². The molecule has 1 aromatic heterocycles. The first kappa shape index (κ1) is 9.81. The normalized spacial score (nSPS) is 15.2. The first-order valence-corrected chi connectivity index (χ1v) is 6.08. The van der Waals surface area contributed by atoms with Gasteiger partial charge in [0.05, 0.1) is 16.8 Å². The largest absolute Gasteiger partial charge is 0.396 e. The second-order valence-corrected chi connectivity index (χ2v) is 5.00. The van der Waals surface area contributed by atoms with Gasteiger partial charge in [-0.1, -0.05) is 24.3 Å². The third-order valence-electron chi connectivity index (χ3n) is 2.95. The fourth-order valence-electron chi connectivity index (χ4n) is 2.11. The van der Waals surface area contributed by atoms with Gasteiger partial charge in [-0.25, -0.2) is 0 Å². The number of nitrogens with two attached hydrogens (primary N) is 1. The molecule has 0 saturated heterocycles. The number of aromatic nitrogens is 1. The second-order valence-electron chi connectivity index (χ2n) is 4.12. The van der Waals surface area contributed by atoms with Crippen LogP contribution in [-0.4, -0.2) is 9.27 Å². The molecule has 0 aliphatic carbocycles. The lowest BCUT2D eigenvalue weighted by Gasteiger charge is -2.13. The molecule has 0 amide bonds. The molecule has 3 rings (SSSR count). The van der Waals surface area contributed by atoms with E-state index < -0.39 is 0 Å². The molecule has 1 aliphatic heterocycles. The van der Waals surface area contributed by atoms with Crippen LogP contribution in [0.25, 0.3) is 0 Å². The van der Waals surface area contributed by atoms with E-state index in [0.717, 1.165) is 25.3 Å². The SMILES string of the molecule is Nc1cnsc1CN1Cc2ccccc2C1. The molecule has 1 aliphatic rings. The Labute approximate surface area is 98.7 Å². The minimum Gasteiger partial charge on any atom is -0.396 e. The number of rotatable bonds is 2. The van der Waals surface area contributed by atoms with Crippen molar-refractivity contribution in [3.63, 3.8) is 0 Å². The van der Waals surface area contributed by atoms with E-state index in [1.807, 2.05) is 0 Å². The number of hydrogen-bond acceptors (Lipinski definition) is 4. The summed E-state index contributed by atoms with van der Waals surface area (Å²) in [4.78, 5) is 3.57. The van der Waals surface area contributed by atoms with Crippen LogP contribution in [0.4, 0.5) is 5.69 Å². The van der Waals surface area contributed by atoms with Gasteiger partial charge in [0.15, 0.2) is 0 Å². The number of hydrogen-bond donors (Lipinski definition) is 1. The molecule has 0 atom stereocenters. The van der Waals surface area contributed by atoms with Gasteiger partial charge in [-0.2, -0.15) is 4.37 Å². The highest BCUT2D eigenvalue weighted by Crippen LogP contribution is 2.26. The lowest BCUT2D eigenvalue weighted by atomic mass is 10.1. The molecule has 82 valence electrons. The minimum atomic E-state index is 0.820. The van der Waals surface area contributed by atoms with Gasteiger partial charge in [0.25, 0.3) is 0 Å². The first-order valence-electron chi connectivity index (χ1n) is 5.31. The van der Waals surface area contributed by atoms with Crippen molar-refractivity contribution >= 4 is 17.2 Å². The summed E-state index contributed by atoms with van der Waals surface area (Å²) in [5, 5.41) is 0. The molecule has 2 N–H and O–H groups in total. The van der Waals surface area contributed by atoms with E-state index in [1.165, 1.54) is 27.5 Å². The Balaban J connectivity index is 1.75. The molecule has 3 nitrogen and oxygen atoms in total. The van der Waals surface area contributed by atoms with Gasteiger partial charge in [0.1, 0.15) is 0 Å². The smallest absolute Gasteiger partial charge is 0.0672 e. The van der Waals surface area contributed by atoms with Crippen LogP contribution in [0.1, 0.15) is 16.0 Å². The molecule has 0 unspecified atom stereocenters. The second kappa shape index (κ2) is 3.88. The van der Waals surface area contributed by atoms with Gasteiger partial charge in [0, 0.05) is 19.6 Å². The summed E-state index contributed by atoms with van der Waals surface area (Å²) in [6.45, 7) is 2.95. The average molecular weight is 231 g/mol. The van der Waals surface area contributed by atoms with E-state index in [0.29, 0.717) is 0 Å². The van der Waals surface area contributed by atoms with Crippen molar-refractivity contribution in [1.82, 2.24) is 9.27 Å². The van der Waals surface area contributed by atoms with Gasteiger partial charge in [-0.05, 0) is 22.7 Å². The highest BCUT2D eigenvalue weighted by molar-refractivity contribution is 7.06. The zero-order valence-corrected chi connectivity index (χ0v) is 9.70. The Kier molecular flexibility index (Phi) is 2.38. The summed E-state index contributed by atoms with van der Waals surface area (Å²) in [6.07, 6.45) is 1.74. The topological polar surface area (TPSA) is 42.1 Å². The van der Waals surface area contributed by atoms with Crippen LogP contribution in [0, 0.1) is 0 Å². The molecule has 0 radical (unpaired) electrons. The third kappa shape index (κ3) is 1.70. The van der Waals surface area contributed by atoms with Crippen molar-refractivity contribution in [2.75, 3.05) is 5.73 Å². The predicted molar refractivity (Wildman–Crippen MR) is 65.9 cm³/mol. The van der Waals surface area contributed by atoms with Crippen molar-refractivity contribution in [2.24, 2.45) is 0 Å². The van der Waals surface area contributed by atoms with E-state index in [2.05, 4.69) is 33.5 Å². The lowest BCUT2D eigenvalue weighted by Crippen LogP contribution is -2.15. The van der Waals surface area contributed by atoms with Crippen LogP contribution in [0.5, 0.6) is 0 Å².